The quantitative estimate of drug-likeness (QED) is 0.847. The lowest BCUT2D eigenvalue weighted by Crippen LogP contribution is -2.50. The van der Waals surface area contributed by atoms with Crippen LogP contribution in [-0.4, -0.2) is 16.7 Å². The van der Waals surface area contributed by atoms with E-state index in [1.807, 2.05) is 6.07 Å². The largest absolute Gasteiger partial charge is 0.416 e. The molecule has 3 unspecified atom stereocenters. The minimum absolute atomic E-state index is 0.127. The van der Waals surface area contributed by atoms with Crippen molar-refractivity contribution in [3.05, 3.63) is 65.0 Å². The van der Waals surface area contributed by atoms with Gasteiger partial charge in [0.2, 0.25) is 0 Å². The average molecular weight is 361 g/mol. The molecule has 2 aliphatic rings. The number of hydrogen-bond donors (Lipinski definition) is 1. The molecule has 138 valence electrons. The SMILES string of the molecule is OCC1(c2cccc(C(F)(F)F)c2)CCC1C1CCCc2cccnc21. The van der Waals surface area contributed by atoms with Gasteiger partial charge >= 0.3 is 6.18 Å². The predicted molar refractivity (Wildman–Crippen MR) is 92.8 cm³/mol. The van der Waals surface area contributed by atoms with E-state index < -0.39 is 17.2 Å². The van der Waals surface area contributed by atoms with Gasteiger partial charge in [0.15, 0.2) is 0 Å². The van der Waals surface area contributed by atoms with E-state index in [1.165, 1.54) is 17.7 Å². The van der Waals surface area contributed by atoms with Crippen LogP contribution < -0.4 is 0 Å². The van der Waals surface area contributed by atoms with Gasteiger partial charge in [-0.15, -0.1) is 0 Å². The van der Waals surface area contributed by atoms with E-state index in [4.69, 9.17) is 0 Å². The van der Waals surface area contributed by atoms with Crippen LogP contribution in [0.1, 0.15) is 54.0 Å². The van der Waals surface area contributed by atoms with Crippen LogP contribution in [0, 0.1) is 5.92 Å². The number of hydrogen-bond acceptors (Lipinski definition) is 2. The van der Waals surface area contributed by atoms with E-state index in [1.54, 1.807) is 12.3 Å². The molecule has 0 aliphatic heterocycles. The Labute approximate surface area is 151 Å². The van der Waals surface area contributed by atoms with Crippen molar-refractivity contribution in [2.24, 2.45) is 5.92 Å². The summed E-state index contributed by atoms with van der Waals surface area (Å²) >= 11 is 0. The number of halogens is 3. The number of aliphatic hydroxyl groups is 1. The van der Waals surface area contributed by atoms with Gasteiger partial charge in [-0.1, -0.05) is 24.3 Å². The number of rotatable bonds is 3. The molecule has 1 aromatic heterocycles. The van der Waals surface area contributed by atoms with Crippen LogP contribution in [0.15, 0.2) is 42.6 Å². The van der Waals surface area contributed by atoms with E-state index >= 15 is 0 Å². The maximum absolute atomic E-state index is 13.2. The lowest BCUT2D eigenvalue weighted by molar-refractivity contribution is -0.137. The van der Waals surface area contributed by atoms with Crippen LogP contribution >= 0.6 is 0 Å². The number of pyridine rings is 1. The van der Waals surface area contributed by atoms with Gasteiger partial charge in [0.05, 0.1) is 12.2 Å². The second kappa shape index (κ2) is 6.38. The third-order valence-corrected chi connectivity index (χ3v) is 6.38. The average Bonchev–Trinajstić information content (AvgIpc) is 2.62. The number of benzene rings is 1. The topological polar surface area (TPSA) is 33.1 Å². The molecule has 0 spiro atoms. The first-order valence-electron chi connectivity index (χ1n) is 9.18. The molecule has 0 saturated heterocycles. The highest BCUT2D eigenvalue weighted by Crippen LogP contribution is 2.57. The van der Waals surface area contributed by atoms with E-state index in [9.17, 15) is 18.3 Å². The number of nitrogens with zero attached hydrogens (tertiary/aromatic N) is 1. The molecule has 4 rings (SSSR count). The Hall–Kier alpha value is -1.88. The number of fused-ring (bicyclic) bond motifs is 1. The molecule has 0 amide bonds. The Kier molecular flexibility index (Phi) is 4.30. The van der Waals surface area contributed by atoms with Gasteiger partial charge in [-0.25, -0.2) is 0 Å². The van der Waals surface area contributed by atoms with Crippen molar-refractivity contribution in [2.45, 2.75) is 49.6 Å². The Balaban J connectivity index is 1.72. The normalized spacial score (nSPS) is 28.3. The highest BCUT2D eigenvalue weighted by molar-refractivity contribution is 5.38. The maximum Gasteiger partial charge on any atom is 0.416 e. The first-order chi connectivity index (χ1) is 12.5. The van der Waals surface area contributed by atoms with Crippen molar-refractivity contribution in [1.29, 1.82) is 0 Å². The molecule has 26 heavy (non-hydrogen) atoms. The van der Waals surface area contributed by atoms with Crippen molar-refractivity contribution in [2.75, 3.05) is 6.61 Å². The first-order valence-corrected chi connectivity index (χ1v) is 9.18. The molecule has 2 nitrogen and oxygen atoms in total. The van der Waals surface area contributed by atoms with Crippen molar-refractivity contribution >= 4 is 0 Å². The lowest BCUT2D eigenvalue weighted by atomic mass is 9.51. The Morgan fingerprint density at radius 1 is 1.15 bits per heavy atom. The standard InChI is InChI=1S/C21H22F3NO/c22-21(23,24)16-7-2-6-15(12-16)20(13-26)10-9-18(20)17-8-1-4-14-5-3-11-25-19(14)17/h2-3,5-7,11-12,17-18,26H,1,4,8-10,13H2. The number of aryl methyl sites for hydroxylation is 1. The molecule has 1 aromatic carbocycles. The predicted octanol–water partition coefficient (Wildman–Crippen LogP) is 4.86. The Bertz CT molecular complexity index is 800. The summed E-state index contributed by atoms with van der Waals surface area (Å²) in [7, 11) is 0. The fourth-order valence-electron chi connectivity index (χ4n) is 4.93. The maximum atomic E-state index is 13.2. The van der Waals surface area contributed by atoms with Gasteiger partial charge in [0.1, 0.15) is 0 Å². The number of aliphatic hydroxyl groups excluding tert-OH is 1. The summed E-state index contributed by atoms with van der Waals surface area (Å²) in [6, 6.07) is 9.55. The molecule has 1 N–H and O–H groups in total. The molecule has 1 saturated carbocycles. The zero-order valence-electron chi connectivity index (χ0n) is 14.5. The summed E-state index contributed by atoms with van der Waals surface area (Å²) in [5.41, 5.74) is 1.68. The Morgan fingerprint density at radius 2 is 2.00 bits per heavy atom. The molecular weight excluding hydrogens is 339 g/mol. The van der Waals surface area contributed by atoms with Crippen LogP contribution in [0.5, 0.6) is 0 Å². The van der Waals surface area contributed by atoms with Gasteiger partial charge in [-0.05, 0) is 61.3 Å². The minimum atomic E-state index is -4.37. The number of aromatic nitrogens is 1. The van der Waals surface area contributed by atoms with Gasteiger partial charge in [0, 0.05) is 23.2 Å². The molecule has 0 radical (unpaired) electrons. The highest BCUT2D eigenvalue weighted by atomic mass is 19.4. The molecule has 1 heterocycles. The van der Waals surface area contributed by atoms with Crippen LogP contribution in [0.4, 0.5) is 13.2 Å². The van der Waals surface area contributed by atoms with Crippen LogP contribution in [0.25, 0.3) is 0 Å². The Morgan fingerprint density at radius 3 is 2.69 bits per heavy atom. The highest BCUT2D eigenvalue weighted by Gasteiger charge is 2.52. The summed E-state index contributed by atoms with van der Waals surface area (Å²) in [5.74, 6) is 0.334. The van der Waals surface area contributed by atoms with Crippen molar-refractivity contribution < 1.29 is 18.3 Å². The lowest BCUT2D eigenvalue weighted by Gasteiger charge is -2.53. The summed E-state index contributed by atoms with van der Waals surface area (Å²) in [6.07, 6.45) is 2.10. The van der Waals surface area contributed by atoms with Crippen molar-refractivity contribution in [3.63, 3.8) is 0 Å². The summed E-state index contributed by atoms with van der Waals surface area (Å²) in [5, 5.41) is 10.2. The monoisotopic (exact) mass is 361 g/mol. The van der Waals surface area contributed by atoms with Gasteiger partial charge in [0.25, 0.3) is 0 Å². The fourth-order valence-corrected chi connectivity index (χ4v) is 4.93. The molecule has 1 fully saturated rings. The molecule has 3 atom stereocenters. The fraction of sp³-hybridized carbons (Fsp3) is 0.476. The third kappa shape index (κ3) is 2.73. The summed E-state index contributed by atoms with van der Waals surface area (Å²) in [4.78, 5) is 4.59. The van der Waals surface area contributed by atoms with Gasteiger partial charge < -0.3 is 5.11 Å². The third-order valence-electron chi connectivity index (χ3n) is 6.38. The zero-order valence-corrected chi connectivity index (χ0v) is 14.5. The molecule has 0 bridgehead atoms. The van der Waals surface area contributed by atoms with Crippen LogP contribution in [0.2, 0.25) is 0 Å². The second-order valence-electron chi connectivity index (χ2n) is 7.58. The molecule has 5 heteroatoms. The van der Waals surface area contributed by atoms with Gasteiger partial charge in [-0.3, -0.25) is 4.98 Å². The number of alkyl halides is 3. The second-order valence-corrected chi connectivity index (χ2v) is 7.58. The minimum Gasteiger partial charge on any atom is -0.395 e. The smallest absolute Gasteiger partial charge is 0.395 e. The van der Waals surface area contributed by atoms with Crippen molar-refractivity contribution in [1.82, 2.24) is 4.98 Å². The first kappa shape index (κ1) is 17.5. The van der Waals surface area contributed by atoms with E-state index in [-0.39, 0.29) is 18.4 Å². The van der Waals surface area contributed by atoms with E-state index in [2.05, 4.69) is 11.1 Å². The van der Waals surface area contributed by atoms with Crippen LogP contribution in [-0.2, 0) is 18.0 Å². The molecular formula is C21H22F3NO. The summed E-state index contributed by atoms with van der Waals surface area (Å²) < 4.78 is 39.5. The zero-order chi connectivity index (χ0) is 18.4. The van der Waals surface area contributed by atoms with E-state index in [0.29, 0.717) is 12.0 Å². The molecule has 2 aromatic rings. The van der Waals surface area contributed by atoms with E-state index in [0.717, 1.165) is 37.4 Å². The van der Waals surface area contributed by atoms with Crippen LogP contribution in [0.3, 0.4) is 0 Å². The van der Waals surface area contributed by atoms with Gasteiger partial charge in [-0.2, -0.15) is 13.2 Å². The van der Waals surface area contributed by atoms with Crippen molar-refractivity contribution in [3.8, 4) is 0 Å². The summed E-state index contributed by atoms with van der Waals surface area (Å²) in [6.45, 7) is -0.127. The molecule has 2 aliphatic carbocycles.